The SMILES string of the molecule is N#Cc1ccc(N2CCNCC2C(N)=O)c2ccccc12. The third kappa shape index (κ3) is 2.30. The van der Waals surface area contributed by atoms with Crippen molar-refractivity contribution in [2.75, 3.05) is 24.5 Å². The monoisotopic (exact) mass is 280 g/mol. The van der Waals surface area contributed by atoms with Crippen molar-refractivity contribution in [3.8, 4) is 6.07 Å². The van der Waals surface area contributed by atoms with Gasteiger partial charge in [0.15, 0.2) is 0 Å². The lowest BCUT2D eigenvalue weighted by atomic mass is 10.0. The topological polar surface area (TPSA) is 82.2 Å². The molecule has 2 aromatic carbocycles. The molecule has 1 amide bonds. The van der Waals surface area contributed by atoms with Gasteiger partial charge in [-0.15, -0.1) is 0 Å². The first kappa shape index (κ1) is 13.4. The molecule has 0 aliphatic carbocycles. The molecule has 1 heterocycles. The number of hydrogen-bond acceptors (Lipinski definition) is 4. The Morgan fingerprint density at radius 3 is 2.76 bits per heavy atom. The molecule has 3 rings (SSSR count). The second kappa shape index (κ2) is 5.43. The van der Waals surface area contributed by atoms with Crippen molar-refractivity contribution in [1.29, 1.82) is 5.26 Å². The zero-order chi connectivity index (χ0) is 14.8. The average Bonchev–Trinajstić information content (AvgIpc) is 2.53. The molecule has 21 heavy (non-hydrogen) atoms. The van der Waals surface area contributed by atoms with Crippen LogP contribution in [0.3, 0.4) is 0 Å². The van der Waals surface area contributed by atoms with Crippen LogP contribution in [-0.2, 0) is 4.79 Å². The highest BCUT2D eigenvalue weighted by Crippen LogP contribution is 2.30. The van der Waals surface area contributed by atoms with E-state index in [1.54, 1.807) is 6.07 Å². The Morgan fingerprint density at radius 2 is 2.05 bits per heavy atom. The highest BCUT2D eigenvalue weighted by Gasteiger charge is 2.28. The van der Waals surface area contributed by atoms with Gasteiger partial charge in [-0.1, -0.05) is 24.3 Å². The van der Waals surface area contributed by atoms with Crippen LogP contribution in [0.25, 0.3) is 10.8 Å². The molecule has 0 saturated carbocycles. The fourth-order valence-electron chi connectivity index (χ4n) is 2.88. The molecular weight excluding hydrogens is 264 g/mol. The first-order valence-electron chi connectivity index (χ1n) is 6.91. The lowest BCUT2D eigenvalue weighted by Gasteiger charge is -2.36. The van der Waals surface area contributed by atoms with Crippen molar-refractivity contribution in [2.24, 2.45) is 5.73 Å². The lowest BCUT2D eigenvalue weighted by Crippen LogP contribution is -2.57. The number of nitrogens with zero attached hydrogens (tertiary/aromatic N) is 2. The van der Waals surface area contributed by atoms with E-state index in [0.29, 0.717) is 18.7 Å². The maximum atomic E-state index is 11.7. The Balaban J connectivity index is 2.16. The molecule has 1 saturated heterocycles. The summed E-state index contributed by atoms with van der Waals surface area (Å²) in [5.41, 5.74) is 7.11. The summed E-state index contributed by atoms with van der Waals surface area (Å²) >= 11 is 0. The standard InChI is InChI=1S/C16H16N4O/c17-9-11-5-6-14(13-4-2-1-3-12(11)13)20-8-7-19-10-15(20)16(18)21/h1-6,15,19H,7-8,10H2,(H2,18,21). The van der Waals surface area contributed by atoms with E-state index in [9.17, 15) is 10.1 Å². The fourth-order valence-corrected chi connectivity index (χ4v) is 2.88. The van der Waals surface area contributed by atoms with Gasteiger partial charge in [-0.2, -0.15) is 5.26 Å². The third-order valence-corrected chi connectivity index (χ3v) is 3.90. The smallest absolute Gasteiger partial charge is 0.241 e. The summed E-state index contributed by atoms with van der Waals surface area (Å²) in [6, 6.07) is 13.3. The summed E-state index contributed by atoms with van der Waals surface area (Å²) in [7, 11) is 0. The molecule has 0 spiro atoms. The van der Waals surface area contributed by atoms with Gasteiger partial charge in [0.25, 0.3) is 0 Å². The van der Waals surface area contributed by atoms with E-state index in [0.717, 1.165) is 23.0 Å². The fraction of sp³-hybridized carbons (Fsp3) is 0.250. The van der Waals surface area contributed by atoms with Crippen LogP contribution in [0.2, 0.25) is 0 Å². The minimum atomic E-state index is -0.366. The van der Waals surface area contributed by atoms with E-state index in [1.165, 1.54) is 0 Å². The second-order valence-electron chi connectivity index (χ2n) is 5.11. The maximum Gasteiger partial charge on any atom is 0.241 e. The summed E-state index contributed by atoms with van der Waals surface area (Å²) in [5, 5.41) is 14.3. The van der Waals surface area contributed by atoms with E-state index in [1.807, 2.05) is 35.2 Å². The first-order chi connectivity index (χ1) is 10.2. The molecule has 1 aliphatic heterocycles. The summed E-state index contributed by atoms with van der Waals surface area (Å²) in [6.45, 7) is 2.06. The third-order valence-electron chi connectivity index (χ3n) is 3.90. The number of piperazine rings is 1. The molecule has 1 atom stereocenters. The molecule has 1 aliphatic rings. The van der Waals surface area contributed by atoms with Gasteiger partial charge < -0.3 is 16.0 Å². The van der Waals surface area contributed by atoms with Gasteiger partial charge in [-0.05, 0) is 12.1 Å². The van der Waals surface area contributed by atoms with Gasteiger partial charge in [0, 0.05) is 36.1 Å². The van der Waals surface area contributed by atoms with Gasteiger partial charge in [0.05, 0.1) is 11.6 Å². The van der Waals surface area contributed by atoms with Crippen molar-refractivity contribution >= 4 is 22.4 Å². The molecule has 5 nitrogen and oxygen atoms in total. The number of nitrogens with one attached hydrogen (secondary N) is 1. The molecular formula is C16H16N4O. The highest BCUT2D eigenvalue weighted by atomic mass is 16.1. The van der Waals surface area contributed by atoms with Gasteiger partial charge in [-0.25, -0.2) is 0 Å². The molecule has 2 aromatic rings. The summed E-state index contributed by atoms with van der Waals surface area (Å²) < 4.78 is 0. The van der Waals surface area contributed by atoms with Gasteiger partial charge in [0.2, 0.25) is 5.91 Å². The molecule has 5 heteroatoms. The quantitative estimate of drug-likeness (QED) is 0.859. The Labute approximate surface area is 123 Å². The van der Waals surface area contributed by atoms with Crippen molar-refractivity contribution in [3.63, 3.8) is 0 Å². The molecule has 0 radical (unpaired) electrons. The van der Waals surface area contributed by atoms with E-state index in [4.69, 9.17) is 5.73 Å². The minimum Gasteiger partial charge on any atom is -0.368 e. The zero-order valence-electron chi connectivity index (χ0n) is 11.5. The normalized spacial score (nSPS) is 18.4. The van der Waals surface area contributed by atoms with E-state index < -0.39 is 0 Å². The Hall–Kier alpha value is -2.58. The Bertz CT molecular complexity index is 735. The lowest BCUT2D eigenvalue weighted by molar-refractivity contribution is -0.119. The minimum absolute atomic E-state index is 0.337. The number of primary amides is 1. The van der Waals surface area contributed by atoms with Crippen LogP contribution in [0.15, 0.2) is 36.4 Å². The summed E-state index contributed by atoms with van der Waals surface area (Å²) in [5.74, 6) is -0.337. The highest BCUT2D eigenvalue weighted by molar-refractivity contribution is 5.99. The molecule has 0 aromatic heterocycles. The van der Waals surface area contributed by atoms with Crippen molar-refractivity contribution in [2.45, 2.75) is 6.04 Å². The number of anilines is 1. The van der Waals surface area contributed by atoms with Gasteiger partial charge in [-0.3, -0.25) is 4.79 Å². The van der Waals surface area contributed by atoms with Crippen molar-refractivity contribution in [1.82, 2.24) is 5.32 Å². The number of nitrogens with two attached hydrogens (primary N) is 1. The predicted octanol–water partition coefficient (Wildman–Crippen LogP) is 0.975. The van der Waals surface area contributed by atoms with E-state index >= 15 is 0 Å². The number of amides is 1. The molecule has 1 unspecified atom stereocenters. The number of nitriles is 1. The maximum absolute atomic E-state index is 11.7. The Kier molecular flexibility index (Phi) is 3.46. The van der Waals surface area contributed by atoms with Crippen LogP contribution in [0.5, 0.6) is 0 Å². The molecule has 106 valence electrons. The molecule has 3 N–H and O–H groups in total. The molecule has 0 bridgehead atoms. The second-order valence-corrected chi connectivity index (χ2v) is 5.11. The number of fused-ring (bicyclic) bond motifs is 1. The van der Waals surface area contributed by atoms with Crippen LogP contribution in [-0.4, -0.2) is 31.6 Å². The number of rotatable bonds is 2. The van der Waals surface area contributed by atoms with Crippen molar-refractivity contribution < 1.29 is 4.79 Å². The van der Waals surface area contributed by atoms with Crippen LogP contribution in [0.1, 0.15) is 5.56 Å². The number of carbonyl (C=O) groups is 1. The first-order valence-corrected chi connectivity index (χ1v) is 6.91. The zero-order valence-corrected chi connectivity index (χ0v) is 11.5. The summed E-state index contributed by atoms with van der Waals surface area (Å²) in [4.78, 5) is 13.7. The van der Waals surface area contributed by atoms with Crippen LogP contribution < -0.4 is 16.0 Å². The van der Waals surface area contributed by atoms with Gasteiger partial charge in [0.1, 0.15) is 6.04 Å². The Morgan fingerprint density at radius 1 is 1.29 bits per heavy atom. The largest absolute Gasteiger partial charge is 0.368 e. The molecule has 1 fully saturated rings. The van der Waals surface area contributed by atoms with E-state index in [-0.39, 0.29) is 11.9 Å². The van der Waals surface area contributed by atoms with Gasteiger partial charge >= 0.3 is 0 Å². The number of carbonyl (C=O) groups excluding carboxylic acids is 1. The van der Waals surface area contributed by atoms with Crippen LogP contribution in [0.4, 0.5) is 5.69 Å². The average molecular weight is 280 g/mol. The predicted molar refractivity (Wildman–Crippen MR) is 81.9 cm³/mol. The van der Waals surface area contributed by atoms with E-state index in [2.05, 4.69) is 11.4 Å². The van der Waals surface area contributed by atoms with Crippen LogP contribution in [0, 0.1) is 11.3 Å². The number of benzene rings is 2. The van der Waals surface area contributed by atoms with Crippen molar-refractivity contribution in [3.05, 3.63) is 42.0 Å². The summed E-state index contributed by atoms with van der Waals surface area (Å²) in [6.07, 6.45) is 0. The number of hydrogen-bond donors (Lipinski definition) is 2. The van der Waals surface area contributed by atoms with Crippen LogP contribution >= 0.6 is 0 Å².